The summed E-state index contributed by atoms with van der Waals surface area (Å²) in [6.45, 7) is 4.24. The largest absolute Gasteiger partial charge is 0.478 e. The summed E-state index contributed by atoms with van der Waals surface area (Å²) in [5.41, 5.74) is 3.11. The summed E-state index contributed by atoms with van der Waals surface area (Å²) in [5.74, 6) is 0.584. The van der Waals surface area contributed by atoms with Gasteiger partial charge in [0.1, 0.15) is 0 Å². The van der Waals surface area contributed by atoms with Gasteiger partial charge in [0.05, 0.1) is 22.8 Å². The summed E-state index contributed by atoms with van der Waals surface area (Å²) in [6, 6.07) is 4.12. The van der Waals surface area contributed by atoms with Crippen LogP contribution in [-0.4, -0.2) is 36.6 Å². The Morgan fingerprint density at radius 2 is 2.27 bits per heavy atom. The second-order valence-electron chi connectivity index (χ2n) is 5.02. The fraction of sp³-hybridized carbons (Fsp3) is 0.267. The minimum Gasteiger partial charge on any atom is -0.478 e. The van der Waals surface area contributed by atoms with E-state index in [1.54, 1.807) is 0 Å². The highest BCUT2D eigenvalue weighted by molar-refractivity contribution is 7.99. The highest BCUT2D eigenvalue weighted by atomic mass is 32.2. The van der Waals surface area contributed by atoms with Gasteiger partial charge in [-0.2, -0.15) is 5.10 Å². The number of carboxylic acid groups (broad SMARTS) is 1. The van der Waals surface area contributed by atoms with Crippen LogP contribution in [0, 0.1) is 6.92 Å². The van der Waals surface area contributed by atoms with Crippen LogP contribution in [0.15, 0.2) is 29.4 Å². The van der Waals surface area contributed by atoms with E-state index in [-0.39, 0.29) is 5.56 Å². The minimum atomic E-state index is -1.00. The number of carboxylic acids is 1. The van der Waals surface area contributed by atoms with Crippen molar-refractivity contribution in [2.75, 3.05) is 5.75 Å². The van der Waals surface area contributed by atoms with Crippen molar-refractivity contribution in [3.63, 3.8) is 0 Å². The van der Waals surface area contributed by atoms with Gasteiger partial charge < -0.3 is 10.1 Å². The first-order valence-electron chi connectivity index (χ1n) is 7.00. The van der Waals surface area contributed by atoms with Gasteiger partial charge in [-0.3, -0.25) is 0 Å². The van der Waals surface area contributed by atoms with Gasteiger partial charge in [0.25, 0.3) is 0 Å². The summed E-state index contributed by atoms with van der Waals surface area (Å²) < 4.78 is 1.44. The summed E-state index contributed by atoms with van der Waals surface area (Å²) in [4.78, 5) is 19.8. The standard InChI is InChI=1S/C15H16N4O2S/c1-3-4-22-13-6-12-11(5-9(13)2)17-15(18-12)19-8-10(7-16-19)14(20)21/h5-8H,3-4H2,1-2H3,(H,17,18)(H,20,21). The third-order valence-electron chi connectivity index (χ3n) is 3.27. The van der Waals surface area contributed by atoms with Crippen LogP contribution in [0.25, 0.3) is 17.0 Å². The van der Waals surface area contributed by atoms with E-state index in [0.29, 0.717) is 5.95 Å². The van der Waals surface area contributed by atoms with Crippen molar-refractivity contribution in [3.8, 4) is 5.95 Å². The Labute approximate surface area is 131 Å². The van der Waals surface area contributed by atoms with Crippen molar-refractivity contribution in [2.45, 2.75) is 25.2 Å². The van der Waals surface area contributed by atoms with Gasteiger partial charge >= 0.3 is 5.97 Å². The third-order valence-corrected chi connectivity index (χ3v) is 4.64. The van der Waals surface area contributed by atoms with Crippen LogP contribution in [0.4, 0.5) is 0 Å². The number of nitrogens with one attached hydrogen (secondary N) is 1. The molecule has 2 N–H and O–H groups in total. The molecule has 0 aliphatic carbocycles. The van der Waals surface area contributed by atoms with Gasteiger partial charge in [-0.05, 0) is 36.8 Å². The normalized spacial score (nSPS) is 11.2. The van der Waals surface area contributed by atoms with Gasteiger partial charge in [0, 0.05) is 11.1 Å². The van der Waals surface area contributed by atoms with Crippen molar-refractivity contribution in [1.29, 1.82) is 0 Å². The minimum absolute atomic E-state index is 0.135. The summed E-state index contributed by atoms with van der Waals surface area (Å²) in [7, 11) is 0. The van der Waals surface area contributed by atoms with Gasteiger partial charge in [0.15, 0.2) is 0 Å². The number of imidazole rings is 1. The summed E-state index contributed by atoms with van der Waals surface area (Å²) >= 11 is 1.82. The SMILES string of the molecule is CCCSc1cc2nc(-n3cc(C(=O)O)cn3)[nH]c2cc1C. The van der Waals surface area contributed by atoms with Gasteiger partial charge in [0.2, 0.25) is 5.95 Å². The maximum Gasteiger partial charge on any atom is 0.338 e. The molecule has 0 aliphatic heterocycles. The zero-order valence-corrected chi connectivity index (χ0v) is 13.1. The van der Waals surface area contributed by atoms with Crippen molar-refractivity contribution < 1.29 is 9.90 Å². The molecule has 1 aromatic carbocycles. The molecule has 0 spiro atoms. The number of thioether (sulfide) groups is 1. The molecule has 2 heterocycles. The summed E-state index contributed by atoms with van der Waals surface area (Å²) in [5, 5.41) is 13.0. The molecule has 3 aromatic rings. The molecule has 0 radical (unpaired) electrons. The molecule has 0 saturated heterocycles. The molecule has 0 aliphatic rings. The third kappa shape index (κ3) is 2.71. The molecular formula is C15H16N4O2S. The lowest BCUT2D eigenvalue weighted by atomic mass is 10.2. The van der Waals surface area contributed by atoms with Crippen LogP contribution >= 0.6 is 11.8 Å². The number of hydrogen-bond donors (Lipinski definition) is 2. The van der Waals surface area contributed by atoms with Crippen LogP contribution in [0.2, 0.25) is 0 Å². The number of hydrogen-bond acceptors (Lipinski definition) is 4. The molecule has 2 aromatic heterocycles. The number of benzene rings is 1. The molecule has 114 valence electrons. The smallest absolute Gasteiger partial charge is 0.338 e. The maximum atomic E-state index is 10.9. The Morgan fingerprint density at radius 3 is 2.95 bits per heavy atom. The molecule has 6 nitrogen and oxygen atoms in total. The summed E-state index contributed by atoms with van der Waals surface area (Å²) in [6.07, 6.45) is 3.88. The first kappa shape index (κ1) is 14.6. The van der Waals surface area contributed by atoms with Crippen LogP contribution in [0.5, 0.6) is 0 Å². The molecule has 7 heteroatoms. The number of aryl methyl sites for hydroxylation is 1. The number of rotatable bonds is 5. The second kappa shape index (κ2) is 5.84. The van der Waals surface area contributed by atoms with Crippen molar-refractivity contribution in [3.05, 3.63) is 35.7 Å². The van der Waals surface area contributed by atoms with E-state index in [1.165, 1.54) is 27.5 Å². The van der Waals surface area contributed by atoms with Crippen LogP contribution < -0.4 is 0 Å². The highest BCUT2D eigenvalue weighted by Gasteiger charge is 2.11. The number of H-pyrrole nitrogens is 1. The Hall–Kier alpha value is -2.28. The molecule has 0 amide bonds. The van der Waals surface area contributed by atoms with Crippen molar-refractivity contribution in [2.24, 2.45) is 0 Å². The number of aromatic amines is 1. The average Bonchev–Trinajstić information content (AvgIpc) is 3.10. The first-order valence-corrected chi connectivity index (χ1v) is 7.98. The van der Waals surface area contributed by atoms with Gasteiger partial charge in [-0.1, -0.05) is 6.92 Å². The van der Waals surface area contributed by atoms with Gasteiger partial charge in [-0.15, -0.1) is 11.8 Å². The predicted molar refractivity (Wildman–Crippen MR) is 85.9 cm³/mol. The zero-order valence-electron chi connectivity index (χ0n) is 12.3. The Kier molecular flexibility index (Phi) is 3.89. The predicted octanol–water partition coefficient (Wildman–Crippen LogP) is 3.26. The molecule has 0 fully saturated rings. The van der Waals surface area contributed by atoms with E-state index in [0.717, 1.165) is 23.2 Å². The lowest BCUT2D eigenvalue weighted by molar-refractivity contribution is 0.0697. The molecule has 0 atom stereocenters. The molecule has 0 unspecified atom stereocenters. The van der Waals surface area contributed by atoms with Crippen LogP contribution in [0.3, 0.4) is 0 Å². The number of carbonyl (C=O) groups is 1. The van der Waals surface area contributed by atoms with E-state index in [2.05, 4.69) is 41.0 Å². The Balaban J connectivity index is 1.99. The van der Waals surface area contributed by atoms with Gasteiger partial charge in [-0.25, -0.2) is 14.5 Å². The quantitative estimate of drug-likeness (QED) is 0.706. The molecule has 22 heavy (non-hydrogen) atoms. The monoisotopic (exact) mass is 316 g/mol. The van der Waals surface area contributed by atoms with Crippen LogP contribution in [0.1, 0.15) is 29.3 Å². The molecule has 3 rings (SSSR count). The van der Waals surface area contributed by atoms with Crippen molar-refractivity contribution >= 4 is 28.8 Å². The maximum absolute atomic E-state index is 10.9. The second-order valence-corrected chi connectivity index (χ2v) is 6.16. The van der Waals surface area contributed by atoms with E-state index in [1.807, 2.05) is 11.8 Å². The van der Waals surface area contributed by atoms with E-state index in [9.17, 15) is 4.79 Å². The van der Waals surface area contributed by atoms with E-state index < -0.39 is 5.97 Å². The number of aromatic carboxylic acids is 1. The molecule has 0 bridgehead atoms. The fourth-order valence-corrected chi connectivity index (χ4v) is 3.06. The highest BCUT2D eigenvalue weighted by Crippen LogP contribution is 2.27. The number of fused-ring (bicyclic) bond motifs is 1. The topological polar surface area (TPSA) is 83.8 Å². The number of aromatic nitrogens is 4. The number of nitrogens with zero attached hydrogens (tertiary/aromatic N) is 3. The molecule has 0 saturated carbocycles. The lowest BCUT2D eigenvalue weighted by Crippen LogP contribution is -1.97. The Bertz CT molecular complexity index is 837. The lowest BCUT2D eigenvalue weighted by Gasteiger charge is -2.03. The van der Waals surface area contributed by atoms with Crippen molar-refractivity contribution in [1.82, 2.24) is 19.7 Å². The average molecular weight is 316 g/mol. The van der Waals surface area contributed by atoms with E-state index >= 15 is 0 Å². The van der Waals surface area contributed by atoms with E-state index in [4.69, 9.17) is 5.11 Å². The molecular weight excluding hydrogens is 300 g/mol. The fourth-order valence-electron chi connectivity index (χ4n) is 2.16. The van der Waals surface area contributed by atoms with Crippen LogP contribution in [-0.2, 0) is 0 Å². The Morgan fingerprint density at radius 1 is 1.45 bits per heavy atom. The first-order chi connectivity index (χ1) is 10.6. The zero-order chi connectivity index (χ0) is 15.7.